The standard InChI is InChI=1S/C10H10N4O3S/c15-9(16)7-2-4-18-8(7)13-10(17)11-5-6-1-3-12-14-6/h1-4H,5H2,(H,12,14)(H,15,16)(H2,11,13,17). The number of amides is 2. The van der Waals surface area contributed by atoms with E-state index in [0.29, 0.717) is 11.5 Å². The molecule has 4 N–H and O–H groups in total. The van der Waals surface area contributed by atoms with E-state index in [9.17, 15) is 9.59 Å². The quantitative estimate of drug-likeness (QED) is 0.672. The van der Waals surface area contributed by atoms with Crippen LogP contribution in [0.15, 0.2) is 23.7 Å². The highest BCUT2D eigenvalue weighted by Gasteiger charge is 2.13. The molecular weight excluding hydrogens is 256 g/mol. The van der Waals surface area contributed by atoms with Gasteiger partial charge < -0.3 is 10.4 Å². The first-order valence-corrected chi connectivity index (χ1v) is 5.88. The van der Waals surface area contributed by atoms with Gasteiger partial charge in [-0.25, -0.2) is 9.59 Å². The average Bonchev–Trinajstić information content (AvgIpc) is 2.96. The number of hydrogen-bond acceptors (Lipinski definition) is 4. The largest absolute Gasteiger partial charge is 0.478 e. The maximum atomic E-state index is 11.5. The lowest BCUT2D eigenvalue weighted by molar-refractivity contribution is 0.0698. The molecule has 94 valence electrons. The van der Waals surface area contributed by atoms with E-state index in [1.807, 2.05) is 0 Å². The van der Waals surface area contributed by atoms with Crippen LogP contribution in [0.25, 0.3) is 0 Å². The molecular formula is C10H10N4O3S. The molecule has 0 aromatic carbocycles. The first-order chi connectivity index (χ1) is 8.66. The number of aromatic carboxylic acids is 1. The second kappa shape index (κ2) is 5.32. The van der Waals surface area contributed by atoms with Crippen LogP contribution in [0.5, 0.6) is 0 Å². The molecule has 0 saturated carbocycles. The second-order valence-corrected chi connectivity index (χ2v) is 4.27. The summed E-state index contributed by atoms with van der Waals surface area (Å²) in [7, 11) is 0. The van der Waals surface area contributed by atoms with Gasteiger partial charge in [0.1, 0.15) is 5.00 Å². The van der Waals surface area contributed by atoms with E-state index in [0.717, 1.165) is 17.0 Å². The molecule has 0 fully saturated rings. The topological polar surface area (TPSA) is 107 Å². The molecule has 0 atom stereocenters. The van der Waals surface area contributed by atoms with E-state index >= 15 is 0 Å². The van der Waals surface area contributed by atoms with E-state index in [2.05, 4.69) is 20.8 Å². The fourth-order valence-electron chi connectivity index (χ4n) is 1.28. The van der Waals surface area contributed by atoms with Crippen molar-refractivity contribution in [3.8, 4) is 0 Å². The van der Waals surface area contributed by atoms with Gasteiger partial charge in [0.25, 0.3) is 0 Å². The molecule has 0 aliphatic heterocycles. The Bertz CT molecular complexity index is 549. The summed E-state index contributed by atoms with van der Waals surface area (Å²) in [6.45, 7) is 0.291. The Morgan fingerprint density at radius 3 is 2.94 bits per heavy atom. The van der Waals surface area contributed by atoms with Crippen molar-refractivity contribution in [1.82, 2.24) is 15.5 Å². The normalized spacial score (nSPS) is 10.0. The third kappa shape index (κ3) is 2.86. The minimum absolute atomic E-state index is 0.0803. The molecule has 0 unspecified atom stereocenters. The van der Waals surface area contributed by atoms with Crippen molar-refractivity contribution in [2.45, 2.75) is 6.54 Å². The van der Waals surface area contributed by atoms with Gasteiger partial charge in [-0.2, -0.15) is 5.10 Å². The number of rotatable bonds is 4. The molecule has 0 aliphatic carbocycles. The lowest BCUT2D eigenvalue weighted by Gasteiger charge is -2.05. The number of H-pyrrole nitrogens is 1. The first kappa shape index (κ1) is 12.1. The van der Waals surface area contributed by atoms with Gasteiger partial charge in [0.2, 0.25) is 0 Å². The number of carbonyl (C=O) groups is 2. The van der Waals surface area contributed by atoms with E-state index in [1.165, 1.54) is 6.07 Å². The third-order valence-electron chi connectivity index (χ3n) is 2.12. The summed E-state index contributed by atoms with van der Waals surface area (Å²) < 4.78 is 0. The van der Waals surface area contributed by atoms with Gasteiger partial charge in [-0.05, 0) is 17.5 Å². The molecule has 2 amide bonds. The van der Waals surface area contributed by atoms with Crippen LogP contribution in [0.3, 0.4) is 0 Å². The molecule has 8 heteroatoms. The minimum atomic E-state index is -1.07. The van der Waals surface area contributed by atoms with Gasteiger partial charge in [-0.15, -0.1) is 11.3 Å². The summed E-state index contributed by atoms with van der Waals surface area (Å²) in [5, 5.41) is 22.3. The third-order valence-corrected chi connectivity index (χ3v) is 2.95. The fourth-order valence-corrected chi connectivity index (χ4v) is 2.05. The highest BCUT2D eigenvalue weighted by Crippen LogP contribution is 2.22. The molecule has 2 rings (SSSR count). The van der Waals surface area contributed by atoms with Crippen LogP contribution in [-0.4, -0.2) is 27.3 Å². The van der Waals surface area contributed by atoms with Crippen LogP contribution in [0.2, 0.25) is 0 Å². The molecule has 7 nitrogen and oxygen atoms in total. The maximum Gasteiger partial charge on any atom is 0.338 e. The highest BCUT2D eigenvalue weighted by atomic mass is 32.1. The van der Waals surface area contributed by atoms with E-state index in [-0.39, 0.29) is 5.56 Å². The zero-order chi connectivity index (χ0) is 13.0. The number of aromatic amines is 1. The zero-order valence-electron chi connectivity index (χ0n) is 9.14. The highest BCUT2D eigenvalue weighted by molar-refractivity contribution is 7.14. The summed E-state index contributed by atoms with van der Waals surface area (Å²) >= 11 is 1.16. The summed E-state index contributed by atoms with van der Waals surface area (Å²) in [5.41, 5.74) is 0.839. The van der Waals surface area contributed by atoms with E-state index in [1.54, 1.807) is 17.6 Å². The SMILES string of the molecule is O=C(NCc1ccn[nH]1)Nc1sccc1C(=O)O. The molecule has 18 heavy (non-hydrogen) atoms. The Morgan fingerprint density at radius 2 is 2.28 bits per heavy atom. The summed E-state index contributed by atoms with van der Waals surface area (Å²) in [6, 6.07) is 2.71. The predicted molar refractivity (Wildman–Crippen MR) is 65.7 cm³/mol. The van der Waals surface area contributed by atoms with Crippen LogP contribution < -0.4 is 10.6 Å². The van der Waals surface area contributed by atoms with Crippen molar-refractivity contribution in [2.24, 2.45) is 0 Å². The molecule has 2 aromatic heterocycles. The summed E-state index contributed by atoms with van der Waals surface area (Å²) in [5.74, 6) is -1.07. The lowest BCUT2D eigenvalue weighted by Crippen LogP contribution is -2.28. The van der Waals surface area contributed by atoms with Crippen LogP contribution >= 0.6 is 11.3 Å². The Labute approximate surface area is 106 Å². The average molecular weight is 266 g/mol. The van der Waals surface area contributed by atoms with Crippen molar-refractivity contribution >= 4 is 28.3 Å². The van der Waals surface area contributed by atoms with Crippen LogP contribution in [0, 0.1) is 0 Å². The van der Waals surface area contributed by atoms with Crippen LogP contribution in [-0.2, 0) is 6.54 Å². The predicted octanol–water partition coefficient (Wildman–Crippen LogP) is 1.49. The molecule has 0 spiro atoms. The van der Waals surface area contributed by atoms with Gasteiger partial charge in [0.05, 0.1) is 17.8 Å². The Balaban J connectivity index is 1.91. The number of carboxylic acid groups (broad SMARTS) is 1. The molecule has 2 heterocycles. The monoisotopic (exact) mass is 266 g/mol. The number of carbonyl (C=O) groups excluding carboxylic acids is 1. The zero-order valence-corrected chi connectivity index (χ0v) is 9.95. The van der Waals surface area contributed by atoms with Crippen molar-refractivity contribution in [1.29, 1.82) is 0 Å². The summed E-state index contributed by atoms with van der Waals surface area (Å²) in [4.78, 5) is 22.4. The van der Waals surface area contributed by atoms with Crippen molar-refractivity contribution in [3.63, 3.8) is 0 Å². The smallest absolute Gasteiger partial charge is 0.338 e. The lowest BCUT2D eigenvalue weighted by atomic mass is 10.3. The van der Waals surface area contributed by atoms with Gasteiger partial charge in [0, 0.05) is 6.20 Å². The van der Waals surface area contributed by atoms with Gasteiger partial charge in [0.15, 0.2) is 0 Å². The molecule has 2 aromatic rings. The second-order valence-electron chi connectivity index (χ2n) is 3.36. The number of carboxylic acids is 1. The van der Waals surface area contributed by atoms with Crippen LogP contribution in [0.1, 0.15) is 16.1 Å². The number of anilines is 1. The molecule has 0 radical (unpaired) electrons. The van der Waals surface area contributed by atoms with Gasteiger partial charge in [-0.1, -0.05) is 0 Å². The van der Waals surface area contributed by atoms with E-state index in [4.69, 9.17) is 5.11 Å². The minimum Gasteiger partial charge on any atom is -0.478 e. The Hall–Kier alpha value is -2.35. The number of hydrogen-bond donors (Lipinski definition) is 4. The van der Waals surface area contributed by atoms with Gasteiger partial charge in [-0.3, -0.25) is 10.4 Å². The number of nitrogens with zero attached hydrogens (tertiary/aromatic N) is 1. The van der Waals surface area contributed by atoms with Gasteiger partial charge >= 0.3 is 12.0 Å². The maximum absolute atomic E-state index is 11.5. The number of thiophene rings is 1. The van der Waals surface area contributed by atoms with E-state index < -0.39 is 12.0 Å². The molecule has 0 bridgehead atoms. The number of nitrogens with one attached hydrogen (secondary N) is 3. The number of urea groups is 1. The Kier molecular flexibility index (Phi) is 3.58. The van der Waals surface area contributed by atoms with Crippen LogP contribution in [0.4, 0.5) is 9.80 Å². The summed E-state index contributed by atoms with van der Waals surface area (Å²) in [6.07, 6.45) is 1.58. The van der Waals surface area contributed by atoms with Crippen molar-refractivity contribution in [2.75, 3.05) is 5.32 Å². The molecule has 0 aliphatic rings. The fraction of sp³-hybridized carbons (Fsp3) is 0.100. The van der Waals surface area contributed by atoms with Crippen molar-refractivity contribution < 1.29 is 14.7 Å². The first-order valence-electron chi connectivity index (χ1n) is 5.00. The molecule has 0 saturated heterocycles. The van der Waals surface area contributed by atoms with Crippen molar-refractivity contribution in [3.05, 3.63) is 35.0 Å². The Morgan fingerprint density at radius 1 is 1.44 bits per heavy atom. The number of aromatic nitrogens is 2.